The Kier molecular flexibility index (Phi) is 5.76. The molecule has 0 heterocycles. The van der Waals surface area contributed by atoms with Gasteiger partial charge >= 0.3 is 0 Å². The lowest BCUT2D eigenvalue weighted by Gasteiger charge is -2.15. The molecule has 2 N–H and O–H groups in total. The number of carbonyl (C=O) groups excluding carboxylic acids is 1. The second kappa shape index (κ2) is 7.59. The fourth-order valence-electron chi connectivity index (χ4n) is 1.93. The third-order valence-corrected chi connectivity index (χ3v) is 5.11. The van der Waals surface area contributed by atoms with Crippen LogP contribution in [-0.4, -0.2) is 20.4 Å². The molecule has 0 spiro atoms. The zero-order valence-corrected chi connectivity index (χ0v) is 14.1. The topological polar surface area (TPSA) is 75.3 Å². The van der Waals surface area contributed by atoms with Crippen molar-refractivity contribution in [2.45, 2.75) is 24.4 Å². The van der Waals surface area contributed by atoms with E-state index in [-0.39, 0.29) is 11.4 Å². The van der Waals surface area contributed by atoms with Crippen molar-refractivity contribution in [3.63, 3.8) is 0 Å². The molecule has 0 aliphatic carbocycles. The first kappa shape index (κ1) is 17.5. The molecule has 0 unspecified atom stereocenters. The molecule has 1 atom stereocenters. The molecular formula is C16H17ClN2O3S. The molecule has 0 saturated heterocycles. The van der Waals surface area contributed by atoms with Gasteiger partial charge in [-0.25, -0.2) is 8.42 Å². The molecule has 0 bridgehead atoms. The number of amides is 1. The molecule has 0 fully saturated rings. The standard InChI is InChI=1S/C16H17ClN2O3S/c1-12(19-23(21,22)14-8-3-2-4-9-14)16(20)18-11-13-7-5-6-10-15(13)17/h2-10,12,19H,11H2,1H3,(H,18,20)/t12-/m1/s1. The lowest BCUT2D eigenvalue weighted by Crippen LogP contribution is -2.44. The van der Waals surface area contributed by atoms with E-state index in [0.29, 0.717) is 5.02 Å². The van der Waals surface area contributed by atoms with Crippen molar-refractivity contribution in [1.29, 1.82) is 0 Å². The molecule has 0 aliphatic heterocycles. The fraction of sp³-hybridized carbons (Fsp3) is 0.188. The minimum atomic E-state index is -3.73. The Labute approximate surface area is 140 Å². The highest BCUT2D eigenvalue weighted by Crippen LogP contribution is 2.14. The zero-order chi connectivity index (χ0) is 16.9. The number of sulfonamides is 1. The Hall–Kier alpha value is -1.89. The van der Waals surface area contributed by atoms with E-state index in [1.54, 1.807) is 36.4 Å². The minimum Gasteiger partial charge on any atom is -0.351 e. The summed E-state index contributed by atoms with van der Waals surface area (Å²) in [5.74, 6) is -0.426. The van der Waals surface area contributed by atoms with Gasteiger partial charge in [-0.3, -0.25) is 4.79 Å². The fourth-order valence-corrected chi connectivity index (χ4v) is 3.36. The van der Waals surface area contributed by atoms with E-state index in [1.807, 2.05) is 6.07 Å². The maximum absolute atomic E-state index is 12.2. The first-order valence-electron chi connectivity index (χ1n) is 6.98. The number of hydrogen-bond acceptors (Lipinski definition) is 3. The van der Waals surface area contributed by atoms with E-state index < -0.39 is 22.0 Å². The van der Waals surface area contributed by atoms with E-state index in [2.05, 4.69) is 10.0 Å². The number of halogens is 1. The molecule has 0 radical (unpaired) electrons. The Bertz CT molecular complexity index is 779. The summed E-state index contributed by atoms with van der Waals surface area (Å²) in [5, 5.41) is 3.21. The molecule has 5 nitrogen and oxygen atoms in total. The summed E-state index contributed by atoms with van der Waals surface area (Å²) in [6.45, 7) is 1.72. The van der Waals surface area contributed by atoms with E-state index in [9.17, 15) is 13.2 Å². The third-order valence-electron chi connectivity index (χ3n) is 3.19. The predicted octanol–water partition coefficient (Wildman–Crippen LogP) is 2.32. The van der Waals surface area contributed by atoms with Gasteiger partial charge in [0.2, 0.25) is 15.9 Å². The number of benzene rings is 2. The molecule has 7 heteroatoms. The molecule has 23 heavy (non-hydrogen) atoms. The summed E-state index contributed by atoms with van der Waals surface area (Å²) < 4.78 is 26.7. The van der Waals surface area contributed by atoms with Crippen molar-refractivity contribution in [1.82, 2.24) is 10.0 Å². The van der Waals surface area contributed by atoms with Gasteiger partial charge in [-0.05, 0) is 30.7 Å². The number of carbonyl (C=O) groups is 1. The van der Waals surface area contributed by atoms with Gasteiger partial charge in [-0.15, -0.1) is 0 Å². The monoisotopic (exact) mass is 352 g/mol. The minimum absolute atomic E-state index is 0.116. The van der Waals surface area contributed by atoms with Crippen molar-refractivity contribution < 1.29 is 13.2 Å². The third kappa shape index (κ3) is 4.79. The van der Waals surface area contributed by atoms with Gasteiger partial charge in [-0.1, -0.05) is 48.0 Å². The highest BCUT2D eigenvalue weighted by molar-refractivity contribution is 7.89. The summed E-state index contributed by atoms with van der Waals surface area (Å²) >= 11 is 6.01. The van der Waals surface area contributed by atoms with Crippen LogP contribution in [-0.2, 0) is 21.4 Å². The van der Waals surface area contributed by atoms with Crippen LogP contribution in [0.5, 0.6) is 0 Å². The van der Waals surface area contributed by atoms with E-state index in [0.717, 1.165) is 5.56 Å². The van der Waals surface area contributed by atoms with Crippen LogP contribution in [0, 0.1) is 0 Å². The maximum atomic E-state index is 12.2. The van der Waals surface area contributed by atoms with E-state index in [1.165, 1.54) is 19.1 Å². The predicted molar refractivity (Wildman–Crippen MR) is 89.5 cm³/mol. The maximum Gasteiger partial charge on any atom is 0.241 e. The van der Waals surface area contributed by atoms with Gasteiger partial charge in [-0.2, -0.15) is 4.72 Å². The lowest BCUT2D eigenvalue weighted by molar-refractivity contribution is -0.122. The Morgan fingerprint density at radius 3 is 2.35 bits per heavy atom. The smallest absolute Gasteiger partial charge is 0.241 e. The van der Waals surface area contributed by atoms with Crippen LogP contribution >= 0.6 is 11.6 Å². The average Bonchev–Trinajstić information content (AvgIpc) is 2.54. The highest BCUT2D eigenvalue weighted by atomic mass is 35.5. The molecule has 2 rings (SSSR count). The molecule has 0 saturated carbocycles. The number of rotatable bonds is 6. The number of nitrogens with one attached hydrogen (secondary N) is 2. The van der Waals surface area contributed by atoms with Gasteiger partial charge in [0, 0.05) is 11.6 Å². The van der Waals surface area contributed by atoms with Crippen LogP contribution < -0.4 is 10.0 Å². The van der Waals surface area contributed by atoms with Crippen LogP contribution in [0.15, 0.2) is 59.5 Å². The van der Waals surface area contributed by atoms with E-state index in [4.69, 9.17) is 11.6 Å². The summed E-state index contributed by atoms with van der Waals surface area (Å²) in [4.78, 5) is 12.2. The quantitative estimate of drug-likeness (QED) is 0.837. The lowest BCUT2D eigenvalue weighted by atomic mass is 10.2. The van der Waals surface area contributed by atoms with Crippen molar-refractivity contribution in [3.05, 3.63) is 65.2 Å². The van der Waals surface area contributed by atoms with Crippen LogP contribution in [0.4, 0.5) is 0 Å². The first-order chi connectivity index (χ1) is 10.9. The van der Waals surface area contributed by atoms with Gasteiger partial charge in [0.25, 0.3) is 0 Å². The summed E-state index contributed by atoms with van der Waals surface area (Å²) in [5.41, 5.74) is 0.764. The Balaban J connectivity index is 1.97. The molecule has 2 aromatic carbocycles. The summed E-state index contributed by atoms with van der Waals surface area (Å²) in [6.07, 6.45) is 0. The molecule has 1 amide bonds. The molecule has 0 aromatic heterocycles. The van der Waals surface area contributed by atoms with Crippen LogP contribution in [0.3, 0.4) is 0 Å². The van der Waals surface area contributed by atoms with Crippen LogP contribution in [0.25, 0.3) is 0 Å². The van der Waals surface area contributed by atoms with Crippen LogP contribution in [0.2, 0.25) is 5.02 Å². The molecule has 122 valence electrons. The van der Waals surface area contributed by atoms with Gasteiger partial charge in [0.05, 0.1) is 10.9 Å². The normalized spacial score (nSPS) is 12.6. The Morgan fingerprint density at radius 2 is 1.70 bits per heavy atom. The zero-order valence-electron chi connectivity index (χ0n) is 12.5. The second-order valence-electron chi connectivity index (χ2n) is 4.97. The van der Waals surface area contributed by atoms with Gasteiger partial charge in [0.1, 0.15) is 0 Å². The van der Waals surface area contributed by atoms with Crippen molar-refractivity contribution >= 4 is 27.5 Å². The largest absolute Gasteiger partial charge is 0.351 e. The summed E-state index contributed by atoms with van der Waals surface area (Å²) in [6, 6.07) is 14.1. The van der Waals surface area contributed by atoms with Gasteiger partial charge < -0.3 is 5.32 Å². The summed E-state index contributed by atoms with van der Waals surface area (Å²) in [7, 11) is -3.73. The Morgan fingerprint density at radius 1 is 1.09 bits per heavy atom. The SMILES string of the molecule is C[C@@H](NS(=O)(=O)c1ccccc1)C(=O)NCc1ccccc1Cl. The average molecular weight is 353 g/mol. The first-order valence-corrected chi connectivity index (χ1v) is 8.85. The van der Waals surface area contributed by atoms with E-state index >= 15 is 0 Å². The van der Waals surface area contributed by atoms with Crippen LogP contribution in [0.1, 0.15) is 12.5 Å². The number of hydrogen-bond donors (Lipinski definition) is 2. The van der Waals surface area contributed by atoms with Gasteiger partial charge in [0.15, 0.2) is 0 Å². The highest BCUT2D eigenvalue weighted by Gasteiger charge is 2.21. The molecule has 2 aromatic rings. The van der Waals surface area contributed by atoms with Crippen molar-refractivity contribution in [2.75, 3.05) is 0 Å². The second-order valence-corrected chi connectivity index (χ2v) is 7.09. The van der Waals surface area contributed by atoms with Crippen molar-refractivity contribution in [3.8, 4) is 0 Å². The molecular weight excluding hydrogens is 336 g/mol. The molecule has 0 aliphatic rings. The van der Waals surface area contributed by atoms with Crippen molar-refractivity contribution in [2.24, 2.45) is 0 Å².